The second kappa shape index (κ2) is 2.81. The number of allylic oxidation sites excluding steroid dienone is 1. The molecule has 3 atom stereocenters. The molecule has 0 spiro atoms. The van der Waals surface area contributed by atoms with E-state index in [4.69, 9.17) is 4.74 Å². The maximum absolute atomic E-state index is 11.8. The first kappa shape index (κ1) is 8.89. The van der Waals surface area contributed by atoms with Crippen LogP contribution in [0.3, 0.4) is 0 Å². The Morgan fingerprint density at radius 1 is 1.47 bits per heavy atom. The van der Waals surface area contributed by atoms with Crippen molar-refractivity contribution in [3.8, 4) is 0 Å². The van der Waals surface area contributed by atoms with Gasteiger partial charge in [-0.1, -0.05) is 6.58 Å². The highest BCUT2D eigenvalue weighted by Crippen LogP contribution is 2.53. The SMILES string of the molecule is C=CC(=O)OC1C2=C3CC(C2)C[C@@H]1C3=O. The largest absolute Gasteiger partial charge is 0.454 e. The van der Waals surface area contributed by atoms with Gasteiger partial charge in [-0.25, -0.2) is 4.79 Å². The Bertz CT molecular complexity index is 405. The van der Waals surface area contributed by atoms with Crippen LogP contribution < -0.4 is 0 Å². The third-order valence-corrected chi connectivity index (χ3v) is 3.73. The molecule has 0 aromatic heterocycles. The van der Waals surface area contributed by atoms with Crippen LogP contribution in [0.15, 0.2) is 23.8 Å². The summed E-state index contributed by atoms with van der Waals surface area (Å²) in [4.78, 5) is 23.0. The van der Waals surface area contributed by atoms with Crippen LogP contribution in [0.25, 0.3) is 0 Å². The number of rotatable bonds is 2. The number of hydrogen-bond acceptors (Lipinski definition) is 3. The molecule has 0 radical (unpaired) electrons. The molecule has 2 saturated carbocycles. The third kappa shape index (κ3) is 1.06. The highest BCUT2D eigenvalue weighted by Gasteiger charge is 2.53. The van der Waals surface area contributed by atoms with Gasteiger partial charge in [-0.15, -0.1) is 0 Å². The van der Waals surface area contributed by atoms with E-state index in [1.165, 1.54) is 0 Å². The fraction of sp³-hybridized carbons (Fsp3) is 0.500. The summed E-state index contributed by atoms with van der Waals surface area (Å²) < 4.78 is 5.26. The summed E-state index contributed by atoms with van der Waals surface area (Å²) in [6.45, 7) is 3.37. The maximum Gasteiger partial charge on any atom is 0.330 e. The van der Waals surface area contributed by atoms with Crippen molar-refractivity contribution in [1.29, 1.82) is 0 Å². The highest BCUT2D eigenvalue weighted by molar-refractivity contribution is 6.03. The molecule has 3 heteroatoms. The van der Waals surface area contributed by atoms with Crippen molar-refractivity contribution in [1.82, 2.24) is 0 Å². The van der Waals surface area contributed by atoms with Crippen LogP contribution in [0.1, 0.15) is 19.3 Å². The molecule has 3 nitrogen and oxygen atoms in total. The second-order valence-corrected chi connectivity index (χ2v) is 4.55. The van der Waals surface area contributed by atoms with E-state index in [0.717, 1.165) is 36.5 Å². The average Bonchev–Trinajstić information content (AvgIpc) is 2.64. The molecular weight excluding hydrogens is 192 g/mol. The van der Waals surface area contributed by atoms with E-state index in [2.05, 4.69) is 6.58 Å². The smallest absolute Gasteiger partial charge is 0.330 e. The first-order valence-electron chi connectivity index (χ1n) is 5.30. The quantitative estimate of drug-likeness (QED) is 0.504. The Morgan fingerprint density at radius 2 is 2.27 bits per heavy atom. The topological polar surface area (TPSA) is 43.4 Å². The number of carbonyl (C=O) groups is 2. The minimum Gasteiger partial charge on any atom is -0.454 e. The van der Waals surface area contributed by atoms with E-state index in [1.54, 1.807) is 0 Å². The highest BCUT2D eigenvalue weighted by atomic mass is 16.5. The van der Waals surface area contributed by atoms with Gasteiger partial charge in [0.05, 0.1) is 5.92 Å². The zero-order valence-electron chi connectivity index (χ0n) is 8.36. The summed E-state index contributed by atoms with van der Waals surface area (Å²) in [5.74, 6) is 0.361. The standard InChI is InChI=1S/C12H12O3/c1-2-10(13)15-12-8-4-6-3-7(8)11(14)9(12)5-6/h2,6,9,12H,1,3-5H2/t6?,9-,12?/m1/s1. The second-order valence-electron chi connectivity index (χ2n) is 4.55. The molecule has 4 rings (SSSR count). The number of ketones is 1. The molecule has 4 bridgehead atoms. The van der Waals surface area contributed by atoms with Crippen LogP contribution in [-0.4, -0.2) is 17.9 Å². The van der Waals surface area contributed by atoms with Crippen LogP contribution in [-0.2, 0) is 14.3 Å². The zero-order valence-corrected chi connectivity index (χ0v) is 8.36. The predicted octanol–water partition coefficient (Wildman–Crippen LogP) is 1.39. The summed E-state index contributed by atoms with van der Waals surface area (Å²) in [6, 6.07) is 0. The Labute approximate surface area is 87.8 Å². The molecule has 78 valence electrons. The van der Waals surface area contributed by atoms with E-state index < -0.39 is 5.97 Å². The molecule has 0 amide bonds. The molecule has 4 aliphatic rings. The van der Waals surface area contributed by atoms with Crippen molar-refractivity contribution in [2.24, 2.45) is 11.8 Å². The van der Waals surface area contributed by atoms with E-state index in [0.29, 0.717) is 5.92 Å². The minimum atomic E-state index is -0.420. The van der Waals surface area contributed by atoms with Crippen LogP contribution in [0.4, 0.5) is 0 Å². The zero-order chi connectivity index (χ0) is 10.6. The molecule has 15 heavy (non-hydrogen) atoms. The molecule has 4 aliphatic carbocycles. The summed E-state index contributed by atoms with van der Waals surface area (Å²) >= 11 is 0. The van der Waals surface area contributed by atoms with Gasteiger partial charge in [0.15, 0.2) is 5.78 Å². The lowest BCUT2D eigenvalue weighted by molar-refractivity contribution is -0.145. The Balaban J connectivity index is 1.90. The fourth-order valence-electron chi connectivity index (χ4n) is 3.16. The number of esters is 1. The Morgan fingerprint density at radius 3 is 2.93 bits per heavy atom. The lowest BCUT2D eigenvalue weighted by Crippen LogP contribution is -2.35. The first-order valence-corrected chi connectivity index (χ1v) is 5.30. The van der Waals surface area contributed by atoms with Gasteiger partial charge in [-0.2, -0.15) is 0 Å². The average molecular weight is 204 g/mol. The lowest BCUT2D eigenvalue weighted by Gasteiger charge is -2.30. The van der Waals surface area contributed by atoms with Gasteiger partial charge >= 0.3 is 5.97 Å². The summed E-state index contributed by atoms with van der Waals surface area (Å²) in [5.41, 5.74) is 2.05. The summed E-state index contributed by atoms with van der Waals surface area (Å²) in [7, 11) is 0. The molecule has 2 unspecified atom stereocenters. The Hall–Kier alpha value is -1.38. The van der Waals surface area contributed by atoms with Crippen molar-refractivity contribution in [3.05, 3.63) is 23.8 Å². The van der Waals surface area contributed by atoms with Crippen LogP contribution >= 0.6 is 0 Å². The number of ether oxygens (including phenoxy) is 1. The van der Waals surface area contributed by atoms with Gasteiger partial charge < -0.3 is 4.74 Å². The monoisotopic (exact) mass is 204 g/mol. The molecule has 2 fully saturated rings. The van der Waals surface area contributed by atoms with Crippen molar-refractivity contribution >= 4 is 11.8 Å². The molecule has 0 N–H and O–H groups in total. The third-order valence-electron chi connectivity index (χ3n) is 3.73. The van der Waals surface area contributed by atoms with Gasteiger partial charge in [0.25, 0.3) is 0 Å². The lowest BCUT2D eigenvalue weighted by atomic mass is 9.78. The van der Waals surface area contributed by atoms with Crippen LogP contribution in [0.5, 0.6) is 0 Å². The molecular formula is C12H12O3. The van der Waals surface area contributed by atoms with Crippen molar-refractivity contribution < 1.29 is 14.3 Å². The normalized spacial score (nSPS) is 36.3. The number of Topliss-reactive ketones (excluding diaryl/α,β-unsaturated/α-hetero) is 1. The Kier molecular flexibility index (Phi) is 1.67. The van der Waals surface area contributed by atoms with Gasteiger partial charge in [-0.05, 0) is 36.3 Å². The minimum absolute atomic E-state index is 0.0774. The van der Waals surface area contributed by atoms with E-state index in [-0.39, 0.29) is 17.8 Å². The van der Waals surface area contributed by atoms with Gasteiger partial charge in [0, 0.05) is 6.08 Å². The van der Waals surface area contributed by atoms with Crippen LogP contribution in [0.2, 0.25) is 0 Å². The van der Waals surface area contributed by atoms with Gasteiger partial charge in [0.2, 0.25) is 0 Å². The van der Waals surface area contributed by atoms with Crippen molar-refractivity contribution in [3.63, 3.8) is 0 Å². The van der Waals surface area contributed by atoms with E-state index >= 15 is 0 Å². The number of hydrogen-bond donors (Lipinski definition) is 0. The molecule has 0 aromatic carbocycles. The van der Waals surface area contributed by atoms with Crippen molar-refractivity contribution in [2.45, 2.75) is 25.4 Å². The van der Waals surface area contributed by atoms with Gasteiger partial charge in [0.1, 0.15) is 6.10 Å². The fourth-order valence-corrected chi connectivity index (χ4v) is 3.16. The van der Waals surface area contributed by atoms with E-state index in [1.807, 2.05) is 0 Å². The predicted molar refractivity (Wildman–Crippen MR) is 52.9 cm³/mol. The summed E-state index contributed by atoms with van der Waals surface area (Å²) in [6.07, 6.45) is 3.64. The first-order chi connectivity index (χ1) is 7.20. The van der Waals surface area contributed by atoms with Crippen molar-refractivity contribution in [2.75, 3.05) is 0 Å². The van der Waals surface area contributed by atoms with Gasteiger partial charge in [-0.3, -0.25) is 4.79 Å². The number of carbonyl (C=O) groups excluding carboxylic acids is 2. The van der Waals surface area contributed by atoms with E-state index in [9.17, 15) is 9.59 Å². The molecule has 0 heterocycles. The van der Waals surface area contributed by atoms with Crippen LogP contribution in [0, 0.1) is 11.8 Å². The summed E-state index contributed by atoms with van der Waals surface area (Å²) in [5, 5.41) is 0. The maximum atomic E-state index is 11.8. The molecule has 0 aliphatic heterocycles. The molecule has 0 saturated heterocycles. The molecule has 0 aromatic rings.